The summed E-state index contributed by atoms with van der Waals surface area (Å²) in [6.45, 7) is 14.5. The lowest BCUT2D eigenvalue weighted by molar-refractivity contribution is 0.0643. The van der Waals surface area contributed by atoms with Crippen LogP contribution < -0.4 is 10.2 Å². The Morgan fingerprint density at radius 2 is 2.25 bits per heavy atom. The number of morpholine rings is 1. The fourth-order valence-electron chi connectivity index (χ4n) is 2.58. The van der Waals surface area contributed by atoms with E-state index in [2.05, 4.69) is 44.8 Å². The van der Waals surface area contributed by atoms with Gasteiger partial charge in [0, 0.05) is 17.5 Å². The normalized spacial score (nSPS) is 20.1. The summed E-state index contributed by atoms with van der Waals surface area (Å²) in [5, 5.41) is 4.69. The molecule has 2 heterocycles. The maximum Gasteiger partial charge on any atom is 0.186 e. The molecule has 0 aliphatic carbocycles. The van der Waals surface area contributed by atoms with Crippen molar-refractivity contribution in [2.75, 3.05) is 31.2 Å². The maximum atomic E-state index is 5.60. The Hall–Kier alpha value is -0.650. The van der Waals surface area contributed by atoms with Crippen molar-refractivity contribution in [1.82, 2.24) is 10.3 Å². The second kappa shape index (κ2) is 6.41. The highest BCUT2D eigenvalue weighted by atomic mass is 32.1. The lowest BCUT2D eigenvalue weighted by Gasteiger charge is -2.42. The summed E-state index contributed by atoms with van der Waals surface area (Å²) in [5.74, 6) is 0. The average Bonchev–Trinajstić information content (AvgIpc) is 2.77. The Kier molecular flexibility index (Phi) is 5.04. The summed E-state index contributed by atoms with van der Waals surface area (Å²) < 4.78 is 5.60. The number of hydrogen-bond donors (Lipinski definition) is 1. The van der Waals surface area contributed by atoms with Crippen molar-refractivity contribution in [3.05, 3.63) is 10.6 Å². The molecule has 0 spiro atoms. The van der Waals surface area contributed by atoms with Gasteiger partial charge in [-0.05, 0) is 40.7 Å². The van der Waals surface area contributed by atoms with Crippen LogP contribution in [-0.2, 0) is 4.74 Å². The van der Waals surface area contributed by atoms with E-state index in [1.54, 1.807) is 0 Å². The molecule has 1 N–H and O–H groups in total. The van der Waals surface area contributed by atoms with Gasteiger partial charge < -0.3 is 15.0 Å². The minimum atomic E-state index is 0.0277. The van der Waals surface area contributed by atoms with Crippen molar-refractivity contribution in [3.63, 3.8) is 0 Å². The molecule has 2 rings (SSSR count). The van der Waals surface area contributed by atoms with Gasteiger partial charge in [-0.3, -0.25) is 0 Å². The fourth-order valence-corrected chi connectivity index (χ4v) is 3.86. The number of ether oxygens (including phenoxy) is 1. The van der Waals surface area contributed by atoms with E-state index < -0.39 is 0 Å². The van der Waals surface area contributed by atoms with Crippen molar-refractivity contribution >= 4 is 16.5 Å². The largest absolute Gasteiger partial charge is 0.377 e. The van der Waals surface area contributed by atoms with E-state index in [0.717, 1.165) is 43.5 Å². The van der Waals surface area contributed by atoms with E-state index in [9.17, 15) is 0 Å². The zero-order valence-corrected chi connectivity index (χ0v) is 14.1. The minimum absolute atomic E-state index is 0.0277. The Morgan fingerprint density at radius 3 is 2.90 bits per heavy atom. The van der Waals surface area contributed by atoms with Gasteiger partial charge in [-0.15, -0.1) is 0 Å². The van der Waals surface area contributed by atoms with Crippen LogP contribution in [0.25, 0.3) is 0 Å². The highest BCUT2D eigenvalue weighted by molar-refractivity contribution is 7.15. The van der Waals surface area contributed by atoms with Crippen molar-refractivity contribution < 1.29 is 4.74 Å². The molecule has 0 bridgehead atoms. The lowest BCUT2D eigenvalue weighted by Crippen LogP contribution is -2.53. The number of aromatic nitrogens is 1. The molecule has 1 atom stereocenters. The lowest BCUT2D eigenvalue weighted by atomic mass is 10.0. The number of thiazole rings is 1. The number of nitrogens with zero attached hydrogens (tertiary/aromatic N) is 2. The molecule has 1 aromatic heterocycles. The highest BCUT2D eigenvalue weighted by Crippen LogP contribution is 2.35. The van der Waals surface area contributed by atoms with Crippen molar-refractivity contribution in [3.8, 4) is 0 Å². The number of hydrogen-bond acceptors (Lipinski definition) is 5. The summed E-state index contributed by atoms with van der Waals surface area (Å²) in [5.41, 5.74) is 1.18. The van der Waals surface area contributed by atoms with Crippen LogP contribution in [-0.4, -0.2) is 36.8 Å². The standard InChI is InChI=1S/C15H27N3OS/c1-6-7-16-11(2)13-12(3)17-14(20-13)18-8-9-19-10-15(18,4)5/h11,16H,6-10H2,1-5H3. The molecule has 1 aromatic rings. The molecule has 0 saturated carbocycles. The number of nitrogens with one attached hydrogen (secondary N) is 1. The molecular weight excluding hydrogens is 270 g/mol. The summed E-state index contributed by atoms with van der Waals surface area (Å²) in [7, 11) is 0. The zero-order chi connectivity index (χ0) is 14.8. The topological polar surface area (TPSA) is 37.4 Å². The molecule has 114 valence electrons. The van der Waals surface area contributed by atoms with Gasteiger partial charge in [0.25, 0.3) is 0 Å². The molecule has 0 amide bonds. The molecule has 1 aliphatic heterocycles. The highest BCUT2D eigenvalue weighted by Gasteiger charge is 2.33. The van der Waals surface area contributed by atoms with Gasteiger partial charge in [0.2, 0.25) is 0 Å². The van der Waals surface area contributed by atoms with Gasteiger partial charge >= 0.3 is 0 Å². The van der Waals surface area contributed by atoms with Crippen LogP contribution in [0.5, 0.6) is 0 Å². The van der Waals surface area contributed by atoms with Crippen LogP contribution in [0, 0.1) is 6.92 Å². The van der Waals surface area contributed by atoms with E-state index in [1.807, 2.05) is 11.3 Å². The van der Waals surface area contributed by atoms with Gasteiger partial charge in [-0.25, -0.2) is 4.98 Å². The maximum absolute atomic E-state index is 5.60. The SMILES string of the molecule is CCCNC(C)c1sc(N2CCOCC2(C)C)nc1C. The monoisotopic (exact) mass is 297 g/mol. The molecule has 1 unspecified atom stereocenters. The summed E-state index contributed by atoms with van der Waals surface area (Å²) >= 11 is 1.82. The van der Waals surface area contributed by atoms with Crippen molar-refractivity contribution in [2.45, 2.75) is 52.6 Å². The Morgan fingerprint density at radius 1 is 1.50 bits per heavy atom. The van der Waals surface area contributed by atoms with Crippen molar-refractivity contribution in [2.24, 2.45) is 0 Å². The summed E-state index contributed by atoms with van der Waals surface area (Å²) in [4.78, 5) is 8.56. The van der Waals surface area contributed by atoms with Crippen LogP contribution in [0.15, 0.2) is 0 Å². The third-order valence-corrected chi connectivity index (χ3v) is 5.15. The quantitative estimate of drug-likeness (QED) is 0.906. The molecule has 1 aliphatic rings. The fraction of sp³-hybridized carbons (Fsp3) is 0.800. The summed E-state index contributed by atoms with van der Waals surface area (Å²) in [6.07, 6.45) is 1.16. The first-order valence-electron chi connectivity index (χ1n) is 7.52. The molecule has 1 fully saturated rings. The number of anilines is 1. The van der Waals surface area contributed by atoms with Gasteiger partial charge in [-0.1, -0.05) is 18.3 Å². The smallest absolute Gasteiger partial charge is 0.186 e. The number of rotatable bonds is 5. The van der Waals surface area contributed by atoms with Crippen LogP contribution in [0.2, 0.25) is 0 Å². The molecule has 1 saturated heterocycles. The van der Waals surface area contributed by atoms with E-state index in [1.165, 1.54) is 4.88 Å². The molecule has 0 aromatic carbocycles. The van der Waals surface area contributed by atoms with Gasteiger partial charge in [0.15, 0.2) is 5.13 Å². The molecule has 4 nitrogen and oxygen atoms in total. The van der Waals surface area contributed by atoms with Crippen LogP contribution in [0.3, 0.4) is 0 Å². The molecule has 20 heavy (non-hydrogen) atoms. The van der Waals surface area contributed by atoms with Crippen LogP contribution >= 0.6 is 11.3 Å². The van der Waals surface area contributed by atoms with E-state index >= 15 is 0 Å². The third kappa shape index (κ3) is 3.32. The van der Waals surface area contributed by atoms with Crippen LogP contribution in [0.4, 0.5) is 5.13 Å². The van der Waals surface area contributed by atoms with E-state index in [0.29, 0.717) is 6.04 Å². The molecule has 5 heteroatoms. The second-order valence-electron chi connectivity index (χ2n) is 6.14. The Bertz CT molecular complexity index is 444. The second-order valence-corrected chi connectivity index (χ2v) is 7.15. The van der Waals surface area contributed by atoms with Gasteiger partial charge in [0.05, 0.1) is 24.4 Å². The third-order valence-electron chi connectivity index (χ3n) is 3.79. The minimum Gasteiger partial charge on any atom is -0.377 e. The molecule has 0 radical (unpaired) electrons. The van der Waals surface area contributed by atoms with Gasteiger partial charge in [-0.2, -0.15) is 0 Å². The van der Waals surface area contributed by atoms with Crippen LogP contribution in [0.1, 0.15) is 50.7 Å². The first-order chi connectivity index (χ1) is 9.45. The Labute approximate surface area is 126 Å². The van der Waals surface area contributed by atoms with E-state index in [-0.39, 0.29) is 5.54 Å². The zero-order valence-electron chi connectivity index (χ0n) is 13.3. The average molecular weight is 297 g/mol. The molecular formula is C15H27N3OS. The first kappa shape index (κ1) is 15.7. The predicted octanol–water partition coefficient (Wildman–Crippen LogP) is 3.13. The number of aryl methyl sites for hydroxylation is 1. The Balaban J connectivity index is 2.17. The van der Waals surface area contributed by atoms with Gasteiger partial charge in [0.1, 0.15) is 0 Å². The predicted molar refractivity (Wildman–Crippen MR) is 85.8 cm³/mol. The van der Waals surface area contributed by atoms with Crippen molar-refractivity contribution in [1.29, 1.82) is 0 Å². The van der Waals surface area contributed by atoms with E-state index in [4.69, 9.17) is 9.72 Å². The first-order valence-corrected chi connectivity index (χ1v) is 8.33. The summed E-state index contributed by atoms with van der Waals surface area (Å²) in [6, 6.07) is 0.380.